The standard InChI is InChI=1S/C18H24ClN3O2/c1-13-2-4-15(16(19)12-13)18(24)22-10-8-21(9-11-22)14-3-5-17(23)20-7-6-14/h2,4,12,14H,3,5-11H2,1H3,(H,20,23)/t14-/m1/s1. The zero-order chi connectivity index (χ0) is 17.1. The molecule has 0 aromatic heterocycles. The summed E-state index contributed by atoms with van der Waals surface area (Å²) >= 11 is 6.23. The third-order valence-corrected chi connectivity index (χ3v) is 5.29. The van der Waals surface area contributed by atoms with Crippen LogP contribution in [0.2, 0.25) is 5.02 Å². The van der Waals surface area contributed by atoms with Gasteiger partial charge in [0.2, 0.25) is 5.91 Å². The van der Waals surface area contributed by atoms with Crippen LogP contribution in [-0.2, 0) is 4.79 Å². The van der Waals surface area contributed by atoms with Crippen LogP contribution in [0.15, 0.2) is 18.2 Å². The fourth-order valence-corrected chi connectivity index (χ4v) is 3.84. The Bertz CT molecular complexity index is 627. The maximum Gasteiger partial charge on any atom is 0.255 e. The second kappa shape index (κ2) is 7.53. The van der Waals surface area contributed by atoms with E-state index >= 15 is 0 Å². The number of hydrogen-bond acceptors (Lipinski definition) is 3. The lowest BCUT2D eigenvalue weighted by molar-refractivity contribution is -0.120. The molecule has 0 aliphatic carbocycles. The second-order valence-corrected chi connectivity index (χ2v) is 7.05. The van der Waals surface area contributed by atoms with Gasteiger partial charge >= 0.3 is 0 Å². The van der Waals surface area contributed by atoms with Gasteiger partial charge in [-0.15, -0.1) is 0 Å². The number of amides is 2. The molecule has 0 bridgehead atoms. The van der Waals surface area contributed by atoms with Crippen LogP contribution >= 0.6 is 11.6 Å². The smallest absolute Gasteiger partial charge is 0.255 e. The van der Waals surface area contributed by atoms with Gasteiger partial charge in [0.15, 0.2) is 0 Å². The number of benzene rings is 1. The molecule has 1 atom stereocenters. The molecule has 0 saturated carbocycles. The lowest BCUT2D eigenvalue weighted by Gasteiger charge is -2.39. The van der Waals surface area contributed by atoms with E-state index in [4.69, 9.17) is 11.6 Å². The quantitative estimate of drug-likeness (QED) is 0.889. The van der Waals surface area contributed by atoms with Gasteiger partial charge < -0.3 is 10.2 Å². The second-order valence-electron chi connectivity index (χ2n) is 6.64. The molecule has 1 N–H and O–H groups in total. The highest BCUT2D eigenvalue weighted by atomic mass is 35.5. The lowest BCUT2D eigenvalue weighted by atomic mass is 10.1. The minimum absolute atomic E-state index is 0.0114. The number of carbonyl (C=O) groups is 2. The lowest BCUT2D eigenvalue weighted by Crippen LogP contribution is -2.52. The Kier molecular flexibility index (Phi) is 5.41. The summed E-state index contributed by atoms with van der Waals surface area (Å²) in [6.07, 6.45) is 2.50. The largest absolute Gasteiger partial charge is 0.356 e. The number of hydrogen-bond donors (Lipinski definition) is 1. The third kappa shape index (κ3) is 3.90. The molecule has 3 rings (SSSR count). The van der Waals surface area contributed by atoms with Crippen LogP contribution in [-0.4, -0.2) is 60.4 Å². The molecule has 0 unspecified atom stereocenters. The number of carbonyl (C=O) groups excluding carboxylic acids is 2. The van der Waals surface area contributed by atoms with Gasteiger partial charge in [-0.1, -0.05) is 17.7 Å². The molecule has 2 heterocycles. The van der Waals surface area contributed by atoms with E-state index in [-0.39, 0.29) is 11.8 Å². The third-order valence-electron chi connectivity index (χ3n) is 4.98. The molecule has 2 aliphatic heterocycles. The number of nitrogens with zero attached hydrogens (tertiary/aromatic N) is 2. The van der Waals surface area contributed by atoms with Crippen LogP contribution in [0, 0.1) is 6.92 Å². The van der Waals surface area contributed by atoms with E-state index in [0.29, 0.717) is 36.1 Å². The Morgan fingerprint density at radius 3 is 2.67 bits per heavy atom. The fourth-order valence-electron chi connectivity index (χ4n) is 3.53. The summed E-state index contributed by atoms with van der Waals surface area (Å²) < 4.78 is 0. The van der Waals surface area contributed by atoms with E-state index in [2.05, 4.69) is 10.2 Å². The van der Waals surface area contributed by atoms with E-state index in [1.807, 2.05) is 30.0 Å². The first-order chi connectivity index (χ1) is 11.5. The molecule has 0 radical (unpaired) electrons. The Balaban J connectivity index is 1.58. The molecule has 2 amide bonds. The molecule has 6 heteroatoms. The Hall–Kier alpha value is -1.59. The SMILES string of the molecule is Cc1ccc(C(=O)N2CCN([C@H]3CCNC(=O)CC3)CC2)c(Cl)c1. The van der Waals surface area contributed by atoms with Crippen LogP contribution in [0.5, 0.6) is 0 Å². The maximum absolute atomic E-state index is 12.7. The van der Waals surface area contributed by atoms with Gasteiger partial charge in [0.1, 0.15) is 0 Å². The van der Waals surface area contributed by atoms with Gasteiger partial charge in [-0.25, -0.2) is 0 Å². The summed E-state index contributed by atoms with van der Waals surface area (Å²) in [4.78, 5) is 28.5. The predicted molar refractivity (Wildman–Crippen MR) is 94.3 cm³/mol. The fraction of sp³-hybridized carbons (Fsp3) is 0.556. The normalized spacial score (nSPS) is 22.8. The molecule has 2 aliphatic rings. The number of halogens is 1. The van der Waals surface area contributed by atoms with Crippen molar-refractivity contribution in [2.75, 3.05) is 32.7 Å². The van der Waals surface area contributed by atoms with Crippen LogP contribution in [0.4, 0.5) is 0 Å². The van der Waals surface area contributed by atoms with Crippen molar-refractivity contribution in [3.63, 3.8) is 0 Å². The van der Waals surface area contributed by atoms with Crippen LogP contribution in [0.3, 0.4) is 0 Å². The van der Waals surface area contributed by atoms with Gasteiger partial charge in [-0.3, -0.25) is 14.5 Å². The average Bonchev–Trinajstić information content (AvgIpc) is 2.79. The van der Waals surface area contributed by atoms with Gasteiger partial charge in [0.25, 0.3) is 5.91 Å². The first kappa shape index (κ1) is 17.2. The highest BCUT2D eigenvalue weighted by Crippen LogP contribution is 2.21. The molecule has 130 valence electrons. The van der Waals surface area contributed by atoms with E-state index in [0.717, 1.165) is 38.0 Å². The zero-order valence-electron chi connectivity index (χ0n) is 14.1. The van der Waals surface area contributed by atoms with Crippen molar-refractivity contribution in [3.05, 3.63) is 34.3 Å². The topological polar surface area (TPSA) is 52.7 Å². The van der Waals surface area contributed by atoms with Gasteiger partial charge in [-0.05, 0) is 37.5 Å². The van der Waals surface area contributed by atoms with Crippen molar-refractivity contribution in [2.24, 2.45) is 0 Å². The molecule has 2 saturated heterocycles. The van der Waals surface area contributed by atoms with Crippen molar-refractivity contribution < 1.29 is 9.59 Å². The minimum Gasteiger partial charge on any atom is -0.356 e. The Morgan fingerprint density at radius 1 is 1.21 bits per heavy atom. The molecule has 0 spiro atoms. The molecular weight excluding hydrogens is 326 g/mol. The number of aryl methyl sites for hydroxylation is 1. The molecule has 2 fully saturated rings. The summed E-state index contributed by atoms with van der Waals surface area (Å²) in [7, 11) is 0. The minimum atomic E-state index is 0.0114. The van der Waals surface area contributed by atoms with Crippen molar-refractivity contribution in [2.45, 2.75) is 32.2 Å². The highest BCUT2D eigenvalue weighted by molar-refractivity contribution is 6.33. The zero-order valence-corrected chi connectivity index (χ0v) is 14.8. The van der Waals surface area contributed by atoms with Crippen molar-refractivity contribution in [3.8, 4) is 0 Å². The van der Waals surface area contributed by atoms with Crippen LogP contribution < -0.4 is 5.32 Å². The van der Waals surface area contributed by atoms with E-state index in [9.17, 15) is 9.59 Å². The van der Waals surface area contributed by atoms with Crippen LogP contribution in [0.25, 0.3) is 0 Å². The first-order valence-electron chi connectivity index (χ1n) is 8.61. The van der Waals surface area contributed by atoms with Crippen LogP contribution in [0.1, 0.15) is 35.2 Å². The Labute approximate surface area is 147 Å². The van der Waals surface area contributed by atoms with Gasteiger partial charge in [-0.2, -0.15) is 0 Å². The van der Waals surface area contributed by atoms with E-state index < -0.39 is 0 Å². The summed E-state index contributed by atoms with van der Waals surface area (Å²) in [5.41, 5.74) is 1.64. The van der Waals surface area contributed by atoms with Crippen molar-refractivity contribution in [1.82, 2.24) is 15.1 Å². The molecule has 1 aromatic rings. The van der Waals surface area contributed by atoms with E-state index in [1.54, 1.807) is 0 Å². The highest BCUT2D eigenvalue weighted by Gasteiger charge is 2.28. The van der Waals surface area contributed by atoms with Gasteiger partial charge in [0.05, 0.1) is 10.6 Å². The maximum atomic E-state index is 12.7. The molecule has 5 nitrogen and oxygen atoms in total. The first-order valence-corrected chi connectivity index (χ1v) is 8.98. The summed E-state index contributed by atoms with van der Waals surface area (Å²) in [5.74, 6) is 0.165. The summed E-state index contributed by atoms with van der Waals surface area (Å²) in [5, 5.41) is 3.45. The monoisotopic (exact) mass is 349 g/mol. The molecule has 1 aromatic carbocycles. The summed E-state index contributed by atoms with van der Waals surface area (Å²) in [6, 6.07) is 6.00. The predicted octanol–water partition coefficient (Wildman–Crippen LogP) is 2.07. The van der Waals surface area contributed by atoms with Crippen molar-refractivity contribution >= 4 is 23.4 Å². The average molecular weight is 350 g/mol. The molecule has 24 heavy (non-hydrogen) atoms. The molecular formula is C18H24ClN3O2. The van der Waals surface area contributed by atoms with Crippen molar-refractivity contribution in [1.29, 1.82) is 0 Å². The number of rotatable bonds is 2. The number of piperazine rings is 1. The summed E-state index contributed by atoms with van der Waals surface area (Å²) in [6.45, 7) is 5.84. The van der Waals surface area contributed by atoms with Gasteiger partial charge in [0, 0.05) is 45.2 Å². The Morgan fingerprint density at radius 2 is 1.96 bits per heavy atom. The number of nitrogens with one attached hydrogen (secondary N) is 1. The van der Waals surface area contributed by atoms with E-state index in [1.165, 1.54) is 0 Å².